The Balaban J connectivity index is 1.56. The van der Waals surface area contributed by atoms with Gasteiger partial charge in [-0.05, 0) is 56.0 Å². The van der Waals surface area contributed by atoms with Gasteiger partial charge >= 0.3 is 6.03 Å². The van der Waals surface area contributed by atoms with Gasteiger partial charge in [-0.2, -0.15) is 0 Å². The number of hydrogen-bond acceptors (Lipinski definition) is 4. The van der Waals surface area contributed by atoms with Crippen LogP contribution in [0.1, 0.15) is 33.1 Å². The first-order chi connectivity index (χ1) is 12.8. The van der Waals surface area contributed by atoms with E-state index in [0.29, 0.717) is 13.2 Å². The number of rotatable bonds is 6. The van der Waals surface area contributed by atoms with Gasteiger partial charge in [-0.15, -0.1) is 0 Å². The van der Waals surface area contributed by atoms with Crippen molar-refractivity contribution < 1.29 is 14.3 Å². The molecule has 2 atom stereocenters. The van der Waals surface area contributed by atoms with Crippen LogP contribution in [-0.2, 0) is 4.79 Å². The molecule has 0 aromatic heterocycles. The minimum absolute atomic E-state index is 0.0760. The number of benzene rings is 1. The summed E-state index contributed by atoms with van der Waals surface area (Å²) in [7, 11) is 1.89. The minimum atomic E-state index is -0.732. The van der Waals surface area contributed by atoms with Crippen molar-refractivity contribution in [1.29, 1.82) is 0 Å². The summed E-state index contributed by atoms with van der Waals surface area (Å²) in [5.41, 5.74) is -0.732. The lowest BCUT2D eigenvalue weighted by molar-refractivity contribution is -0.137. The quantitative estimate of drug-likeness (QED) is 0.692. The Hall–Kier alpha value is -1.60. The maximum atomic E-state index is 13.2. The monoisotopic (exact) mass is 437 g/mol. The number of nitrogens with one attached hydrogen (secondary N) is 1. The molecule has 2 aliphatic rings. The van der Waals surface area contributed by atoms with Crippen LogP contribution in [0.15, 0.2) is 28.7 Å². The standard InChI is InChI=1S/C20H28BrN3O3/c1-14-5-4-6-15(2)20(14)18(25)24(19(26)22-20)13-23(3)11-12-27-17-9-7-16(21)8-10-17/h7-10,14-15H,4-6,11-13H2,1-3H3,(H,22,26)/t14-,15-/m0/s1. The maximum Gasteiger partial charge on any atom is 0.326 e. The Kier molecular flexibility index (Phi) is 6.11. The highest BCUT2D eigenvalue weighted by molar-refractivity contribution is 9.10. The first kappa shape index (κ1) is 20.1. The molecule has 1 spiro atoms. The molecule has 0 bridgehead atoms. The molecule has 1 saturated carbocycles. The fourth-order valence-corrected chi connectivity index (χ4v) is 4.51. The summed E-state index contributed by atoms with van der Waals surface area (Å²) in [5, 5.41) is 3.04. The maximum absolute atomic E-state index is 13.2. The number of carbonyl (C=O) groups excluding carboxylic acids is 2. The van der Waals surface area contributed by atoms with Gasteiger partial charge in [0.2, 0.25) is 0 Å². The van der Waals surface area contributed by atoms with Crippen molar-refractivity contribution >= 4 is 27.9 Å². The molecule has 1 heterocycles. The third kappa shape index (κ3) is 3.99. The van der Waals surface area contributed by atoms with E-state index < -0.39 is 5.54 Å². The van der Waals surface area contributed by atoms with Crippen LogP contribution in [0.5, 0.6) is 5.75 Å². The molecule has 1 N–H and O–H groups in total. The number of likely N-dealkylation sites (N-methyl/N-ethyl adjacent to an activating group) is 1. The lowest BCUT2D eigenvalue weighted by Crippen LogP contribution is -2.59. The Bertz CT molecular complexity index is 684. The fourth-order valence-electron chi connectivity index (χ4n) is 4.24. The zero-order chi connectivity index (χ0) is 19.6. The van der Waals surface area contributed by atoms with Crippen molar-refractivity contribution in [3.63, 3.8) is 0 Å². The second-order valence-corrected chi connectivity index (χ2v) is 8.70. The molecule has 1 aromatic carbocycles. The van der Waals surface area contributed by atoms with E-state index in [4.69, 9.17) is 4.74 Å². The number of hydrogen-bond donors (Lipinski definition) is 1. The van der Waals surface area contributed by atoms with Crippen molar-refractivity contribution in [2.24, 2.45) is 11.8 Å². The zero-order valence-electron chi connectivity index (χ0n) is 16.2. The van der Waals surface area contributed by atoms with Crippen LogP contribution in [0.2, 0.25) is 0 Å². The normalized spacial score (nSPS) is 24.6. The molecule has 2 fully saturated rings. The molecule has 148 valence electrons. The molecular weight excluding hydrogens is 410 g/mol. The Labute approximate surface area is 169 Å². The van der Waals surface area contributed by atoms with E-state index >= 15 is 0 Å². The highest BCUT2D eigenvalue weighted by Gasteiger charge is 2.58. The van der Waals surface area contributed by atoms with Gasteiger partial charge in [0, 0.05) is 11.0 Å². The fraction of sp³-hybridized carbons (Fsp3) is 0.600. The van der Waals surface area contributed by atoms with Gasteiger partial charge in [0.15, 0.2) is 0 Å². The second-order valence-electron chi connectivity index (χ2n) is 7.79. The molecule has 1 aliphatic heterocycles. The third-order valence-electron chi connectivity index (χ3n) is 5.93. The van der Waals surface area contributed by atoms with Crippen LogP contribution in [0.25, 0.3) is 0 Å². The molecule has 7 heteroatoms. The van der Waals surface area contributed by atoms with E-state index in [0.717, 1.165) is 29.5 Å². The average molecular weight is 438 g/mol. The van der Waals surface area contributed by atoms with Gasteiger partial charge in [-0.1, -0.05) is 36.2 Å². The Morgan fingerprint density at radius 3 is 2.48 bits per heavy atom. The summed E-state index contributed by atoms with van der Waals surface area (Å²) in [4.78, 5) is 29.0. The minimum Gasteiger partial charge on any atom is -0.492 e. The number of ether oxygens (including phenoxy) is 1. The summed E-state index contributed by atoms with van der Waals surface area (Å²) in [6.45, 7) is 5.53. The van der Waals surface area contributed by atoms with Crippen LogP contribution in [-0.4, -0.2) is 54.1 Å². The lowest BCUT2D eigenvalue weighted by atomic mass is 9.67. The van der Waals surface area contributed by atoms with Crippen LogP contribution >= 0.6 is 15.9 Å². The molecular formula is C20H28BrN3O3. The van der Waals surface area contributed by atoms with E-state index in [2.05, 4.69) is 35.1 Å². The molecule has 3 amide bonds. The predicted molar refractivity (Wildman–Crippen MR) is 107 cm³/mol. The smallest absolute Gasteiger partial charge is 0.326 e. The molecule has 6 nitrogen and oxygen atoms in total. The molecule has 1 aliphatic carbocycles. The average Bonchev–Trinajstić information content (AvgIpc) is 2.87. The number of nitrogens with zero attached hydrogens (tertiary/aromatic N) is 2. The van der Waals surface area contributed by atoms with Gasteiger partial charge in [0.05, 0.1) is 6.67 Å². The number of imide groups is 1. The molecule has 1 aromatic rings. The largest absolute Gasteiger partial charge is 0.492 e. The van der Waals surface area contributed by atoms with Crippen LogP contribution in [0.3, 0.4) is 0 Å². The van der Waals surface area contributed by atoms with Crippen LogP contribution in [0, 0.1) is 11.8 Å². The van der Waals surface area contributed by atoms with Gasteiger partial charge < -0.3 is 10.1 Å². The number of urea groups is 1. The summed E-state index contributed by atoms with van der Waals surface area (Å²) in [6.07, 6.45) is 3.06. The third-order valence-corrected chi connectivity index (χ3v) is 6.45. The topological polar surface area (TPSA) is 61.9 Å². The SMILES string of the molecule is C[C@H]1CCC[C@H](C)C12NC(=O)N(CN(C)CCOc1ccc(Br)cc1)C2=O. The first-order valence-electron chi connectivity index (χ1n) is 9.55. The predicted octanol–water partition coefficient (Wildman–Crippen LogP) is 3.46. The molecule has 1 saturated heterocycles. The highest BCUT2D eigenvalue weighted by Crippen LogP contribution is 2.42. The summed E-state index contributed by atoms with van der Waals surface area (Å²) in [5.74, 6) is 1.04. The van der Waals surface area contributed by atoms with E-state index in [-0.39, 0.29) is 30.4 Å². The van der Waals surface area contributed by atoms with Crippen LogP contribution in [0.4, 0.5) is 4.79 Å². The molecule has 3 rings (SSSR count). The van der Waals surface area contributed by atoms with Crippen molar-refractivity contribution in [2.45, 2.75) is 38.6 Å². The summed E-state index contributed by atoms with van der Waals surface area (Å²) < 4.78 is 6.73. The summed E-state index contributed by atoms with van der Waals surface area (Å²) >= 11 is 3.40. The van der Waals surface area contributed by atoms with Crippen molar-refractivity contribution in [2.75, 3.05) is 26.9 Å². The van der Waals surface area contributed by atoms with Crippen molar-refractivity contribution in [1.82, 2.24) is 15.1 Å². The highest BCUT2D eigenvalue weighted by atomic mass is 79.9. The Morgan fingerprint density at radius 1 is 1.22 bits per heavy atom. The van der Waals surface area contributed by atoms with Crippen molar-refractivity contribution in [3.05, 3.63) is 28.7 Å². The molecule has 27 heavy (non-hydrogen) atoms. The molecule has 0 radical (unpaired) electrons. The van der Waals surface area contributed by atoms with E-state index in [1.807, 2.05) is 36.2 Å². The Morgan fingerprint density at radius 2 is 1.85 bits per heavy atom. The van der Waals surface area contributed by atoms with Gasteiger partial charge in [0.1, 0.15) is 17.9 Å². The van der Waals surface area contributed by atoms with Gasteiger partial charge in [0.25, 0.3) is 5.91 Å². The van der Waals surface area contributed by atoms with Crippen LogP contribution < -0.4 is 10.1 Å². The van der Waals surface area contributed by atoms with E-state index in [1.54, 1.807) is 0 Å². The van der Waals surface area contributed by atoms with E-state index in [1.165, 1.54) is 4.90 Å². The molecule has 0 unspecified atom stereocenters. The second kappa shape index (κ2) is 8.19. The van der Waals surface area contributed by atoms with Gasteiger partial charge in [-0.3, -0.25) is 9.69 Å². The first-order valence-corrected chi connectivity index (χ1v) is 10.3. The number of carbonyl (C=O) groups is 2. The van der Waals surface area contributed by atoms with Crippen molar-refractivity contribution in [3.8, 4) is 5.75 Å². The number of halogens is 1. The van der Waals surface area contributed by atoms with E-state index in [9.17, 15) is 9.59 Å². The zero-order valence-corrected chi connectivity index (χ0v) is 17.8. The lowest BCUT2D eigenvalue weighted by Gasteiger charge is -2.42. The van der Waals surface area contributed by atoms with Gasteiger partial charge in [-0.25, -0.2) is 9.69 Å². The number of amides is 3. The summed E-state index contributed by atoms with van der Waals surface area (Å²) in [6, 6.07) is 7.38.